The molecule has 9 nitrogen and oxygen atoms in total. The van der Waals surface area contributed by atoms with Crippen molar-refractivity contribution in [1.29, 1.82) is 0 Å². The number of allylic oxidation sites excluding steroid dienone is 3. The van der Waals surface area contributed by atoms with Crippen LogP contribution >= 0.6 is 0 Å². The largest absolute Gasteiger partial charge is 0.366 e. The van der Waals surface area contributed by atoms with Crippen molar-refractivity contribution in [2.24, 2.45) is 5.92 Å². The van der Waals surface area contributed by atoms with Gasteiger partial charge in [0, 0.05) is 62.6 Å². The number of imidazole rings is 1. The van der Waals surface area contributed by atoms with Crippen molar-refractivity contribution >= 4 is 27.6 Å². The van der Waals surface area contributed by atoms with Gasteiger partial charge in [0.2, 0.25) is 0 Å². The fraction of sp³-hybridized carbons (Fsp3) is 0.312. The number of hydrogen-bond donors (Lipinski definition) is 3. The second kappa shape index (κ2) is 10.9. The first kappa shape index (κ1) is 25.6. The molecule has 0 bridgehead atoms. The lowest BCUT2D eigenvalue weighted by Gasteiger charge is -2.33. The van der Waals surface area contributed by atoms with Gasteiger partial charge in [0.15, 0.2) is 5.82 Å². The molecular weight excluding hydrogens is 510 g/mol. The standard InChI is InChI=1S/C32H35N9/c1-21-5-3-4-6-24(21)17-33-15-22-13-25(18-34-16-22)23-7-8-27-26(14-23)30(39-38-27)32-36-28-19-35-20-29(31(28)37-32)41-11-9-40(2)10-12-41/h3-4,6-8,13-14,16,18-21,33H,5,9-12,15,17H2,1-2H3,(H,36,37)(H,38,39). The van der Waals surface area contributed by atoms with E-state index in [-0.39, 0.29) is 0 Å². The molecule has 1 atom stereocenters. The lowest BCUT2D eigenvalue weighted by molar-refractivity contribution is 0.313. The summed E-state index contributed by atoms with van der Waals surface area (Å²) in [6, 6.07) is 8.59. The number of benzene rings is 1. The third kappa shape index (κ3) is 5.14. The molecular formula is C32H35N9. The summed E-state index contributed by atoms with van der Waals surface area (Å²) >= 11 is 0. The molecule has 1 aromatic carbocycles. The molecule has 0 saturated carbocycles. The first-order valence-corrected chi connectivity index (χ1v) is 14.4. The van der Waals surface area contributed by atoms with Crippen molar-refractivity contribution in [1.82, 2.24) is 40.3 Å². The number of piperazine rings is 1. The molecule has 9 heteroatoms. The molecule has 1 aliphatic carbocycles. The van der Waals surface area contributed by atoms with E-state index in [2.05, 4.69) is 96.7 Å². The number of nitrogens with one attached hydrogen (secondary N) is 3. The van der Waals surface area contributed by atoms with E-state index in [1.807, 2.05) is 24.8 Å². The lowest BCUT2D eigenvalue weighted by atomic mass is 9.93. The number of fused-ring (bicyclic) bond motifs is 2. The average molecular weight is 546 g/mol. The maximum atomic E-state index is 5.03. The third-order valence-corrected chi connectivity index (χ3v) is 8.36. The Bertz CT molecular complexity index is 1750. The van der Waals surface area contributed by atoms with Crippen molar-refractivity contribution in [3.05, 3.63) is 78.4 Å². The van der Waals surface area contributed by atoms with E-state index in [0.717, 1.165) is 102 Å². The molecule has 2 aliphatic rings. The number of nitrogens with zero attached hydrogens (tertiary/aromatic N) is 6. The van der Waals surface area contributed by atoms with Crippen LogP contribution in [0.3, 0.4) is 0 Å². The summed E-state index contributed by atoms with van der Waals surface area (Å²) in [6.07, 6.45) is 15.4. The summed E-state index contributed by atoms with van der Waals surface area (Å²) in [4.78, 5) is 22.3. The lowest BCUT2D eigenvalue weighted by Crippen LogP contribution is -2.44. The maximum absolute atomic E-state index is 5.03. The van der Waals surface area contributed by atoms with Crippen LogP contribution in [0.2, 0.25) is 0 Å². The maximum Gasteiger partial charge on any atom is 0.159 e. The van der Waals surface area contributed by atoms with Crippen LogP contribution in [0.5, 0.6) is 0 Å². The summed E-state index contributed by atoms with van der Waals surface area (Å²) in [5.74, 6) is 1.33. The van der Waals surface area contributed by atoms with Crippen LogP contribution in [0.4, 0.5) is 5.69 Å². The Morgan fingerprint density at radius 2 is 1.83 bits per heavy atom. The quantitative estimate of drug-likeness (QED) is 0.267. The first-order chi connectivity index (χ1) is 20.1. The first-order valence-electron chi connectivity index (χ1n) is 14.4. The molecule has 5 heterocycles. The number of aromatic nitrogens is 6. The van der Waals surface area contributed by atoms with E-state index in [1.165, 1.54) is 5.57 Å². The summed E-state index contributed by atoms with van der Waals surface area (Å²) in [6.45, 7) is 7.94. The topological polar surface area (TPSA) is 102 Å². The fourth-order valence-corrected chi connectivity index (χ4v) is 5.80. The molecule has 0 spiro atoms. The van der Waals surface area contributed by atoms with Gasteiger partial charge in [-0.05, 0) is 48.7 Å². The van der Waals surface area contributed by atoms with E-state index in [4.69, 9.17) is 4.98 Å². The molecule has 41 heavy (non-hydrogen) atoms. The molecule has 5 aromatic rings. The van der Waals surface area contributed by atoms with Crippen LogP contribution in [0.25, 0.3) is 44.6 Å². The zero-order chi connectivity index (χ0) is 27.8. The highest BCUT2D eigenvalue weighted by Crippen LogP contribution is 2.32. The Kier molecular flexibility index (Phi) is 6.82. The Morgan fingerprint density at radius 1 is 0.951 bits per heavy atom. The van der Waals surface area contributed by atoms with Crippen LogP contribution in [0.15, 0.2) is 72.9 Å². The molecule has 1 unspecified atom stereocenters. The molecule has 208 valence electrons. The van der Waals surface area contributed by atoms with E-state index in [1.54, 1.807) is 0 Å². The van der Waals surface area contributed by atoms with Crippen molar-refractivity contribution in [3.8, 4) is 22.6 Å². The molecule has 0 radical (unpaired) electrons. The number of rotatable bonds is 7. The highest BCUT2D eigenvalue weighted by atomic mass is 15.3. The second-order valence-electron chi connectivity index (χ2n) is 11.3. The molecule has 1 fully saturated rings. The Morgan fingerprint density at radius 3 is 2.71 bits per heavy atom. The number of pyridine rings is 2. The minimum absolute atomic E-state index is 0.592. The molecule has 0 amide bonds. The number of hydrogen-bond acceptors (Lipinski definition) is 7. The fourth-order valence-electron chi connectivity index (χ4n) is 5.80. The van der Waals surface area contributed by atoms with Gasteiger partial charge in [-0.15, -0.1) is 0 Å². The Hall–Kier alpha value is -4.34. The summed E-state index contributed by atoms with van der Waals surface area (Å²) < 4.78 is 0. The predicted octanol–water partition coefficient (Wildman–Crippen LogP) is 4.93. The van der Waals surface area contributed by atoms with Gasteiger partial charge in [0.1, 0.15) is 11.2 Å². The molecule has 4 aromatic heterocycles. The van der Waals surface area contributed by atoms with E-state index < -0.39 is 0 Å². The normalized spacial score (nSPS) is 18.0. The Balaban J connectivity index is 1.15. The van der Waals surface area contributed by atoms with E-state index in [9.17, 15) is 0 Å². The van der Waals surface area contributed by atoms with Gasteiger partial charge in [-0.3, -0.25) is 15.1 Å². The minimum Gasteiger partial charge on any atom is -0.366 e. The highest BCUT2D eigenvalue weighted by molar-refractivity contribution is 5.97. The van der Waals surface area contributed by atoms with E-state index >= 15 is 0 Å². The predicted molar refractivity (Wildman–Crippen MR) is 165 cm³/mol. The summed E-state index contributed by atoms with van der Waals surface area (Å²) in [7, 11) is 2.16. The molecule has 1 aliphatic heterocycles. The van der Waals surface area contributed by atoms with Crippen molar-refractivity contribution in [2.45, 2.75) is 19.9 Å². The SMILES string of the molecule is CC1CC=CC=C1CNCc1cncc(-c2ccc3[nH]nc(-c4nc5c(N6CCN(C)CC6)cncc5[nH]4)c3c2)c1. The summed E-state index contributed by atoms with van der Waals surface area (Å²) in [5.41, 5.74) is 9.49. The molecule has 1 saturated heterocycles. The van der Waals surface area contributed by atoms with E-state index in [0.29, 0.717) is 5.92 Å². The zero-order valence-electron chi connectivity index (χ0n) is 23.6. The van der Waals surface area contributed by atoms with Crippen molar-refractivity contribution in [3.63, 3.8) is 0 Å². The van der Waals surface area contributed by atoms with Crippen molar-refractivity contribution in [2.75, 3.05) is 44.7 Å². The van der Waals surface area contributed by atoms with Crippen LogP contribution in [-0.4, -0.2) is 74.8 Å². The molecule has 7 rings (SSSR count). The summed E-state index contributed by atoms with van der Waals surface area (Å²) in [5, 5.41) is 12.5. The average Bonchev–Trinajstić information content (AvgIpc) is 3.63. The number of likely N-dealkylation sites (N-methyl/N-ethyl adjacent to an activating group) is 1. The monoisotopic (exact) mass is 545 g/mol. The van der Waals surface area contributed by atoms with Gasteiger partial charge < -0.3 is 20.1 Å². The second-order valence-corrected chi connectivity index (χ2v) is 11.3. The number of aromatic amines is 2. The highest BCUT2D eigenvalue weighted by Gasteiger charge is 2.20. The van der Waals surface area contributed by atoms with Gasteiger partial charge in [-0.1, -0.05) is 36.8 Å². The zero-order valence-corrected chi connectivity index (χ0v) is 23.6. The van der Waals surface area contributed by atoms with Crippen LogP contribution in [0, 0.1) is 5.92 Å². The number of anilines is 1. The Labute approximate surface area is 239 Å². The van der Waals surface area contributed by atoms with Crippen LogP contribution in [0.1, 0.15) is 18.9 Å². The van der Waals surface area contributed by atoms with Crippen LogP contribution < -0.4 is 10.2 Å². The van der Waals surface area contributed by atoms with Crippen molar-refractivity contribution < 1.29 is 0 Å². The van der Waals surface area contributed by atoms with Gasteiger partial charge in [-0.25, -0.2) is 4.98 Å². The third-order valence-electron chi connectivity index (χ3n) is 8.36. The van der Waals surface area contributed by atoms with Gasteiger partial charge in [-0.2, -0.15) is 5.10 Å². The molecule has 3 N–H and O–H groups in total. The van der Waals surface area contributed by atoms with Gasteiger partial charge in [0.25, 0.3) is 0 Å². The van der Waals surface area contributed by atoms with Gasteiger partial charge in [0.05, 0.1) is 29.1 Å². The van der Waals surface area contributed by atoms with Gasteiger partial charge >= 0.3 is 0 Å². The minimum atomic E-state index is 0.592. The number of H-pyrrole nitrogens is 2. The van der Waals surface area contributed by atoms with Crippen LogP contribution in [-0.2, 0) is 6.54 Å². The smallest absolute Gasteiger partial charge is 0.159 e.